The summed E-state index contributed by atoms with van der Waals surface area (Å²) < 4.78 is 0. The number of nitrogens with two attached hydrogens (primary N) is 1. The number of benzene rings is 1. The maximum absolute atomic E-state index is 5.72. The molecule has 3 N–H and O–H groups in total. The smallest absolute Gasteiger partial charge is 0.213 e. The molecular weight excluding hydrogens is 200 g/mol. The van der Waals surface area contributed by atoms with E-state index >= 15 is 0 Å². The van der Waals surface area contributed by atoms with Crippen molar-refractivity contribution in [2.45, 2.75) is 20.3 Å². The maximum Gasteiger partial charge on any atom is 0.213 e. The summed E-state index contributed by atoms with van der Waals surface area (Å²) in [7, 11) is 3.72. The third-order valence-electron chi connectivity index (χ3n) is 2.48. The highest BCUT2D eigenvalue weighted by Crippen LogP contribution is 2.20. The molecule has 0 unspecified atom stereocenters. The number of guanidine groups is 1. The zero-order valence-electron chi connectivity index (χ0n) is 10.4. The molecular formula is C12H20N4. The number of hydrogen-bond donors (Lipinski definition) is 2. The number of para-hydroxylation sites is 1. The Morgan fingerprint density at radius 3 is 2.69 bits per heavy atom. The van der Waals surface area contributed by atoms with E-state index in [2.05, 4.69) is 42.6 Å². The van der Waals surface area contributed by atoms with Gasteiger partial charge in [-0.15, -0.1) is 5.10 Å². The van der Waals surface area contributed by atoms with Gasteiger partial charge in [-0.05, 0) is 24.5 Å². The highest BCUT2D eigenvalue weighted by molar-refractivity contribution is 5.78. The second-order valence-corrected chi connectivity index (χ2v) is 3.94. The third kappa shape index (κ3) is 2.89. The standard InChI is InChI=1S/C12H20N4/c1-5-10-8-6-7-9(2)11(10)14-15-12(13)16(3)4/h6-8,14H,5H2,1-4H3,(H2,13,15). The lowest BCUT2D eigenvalue weighted by atomic mass is 10.1. The van der Waals surface area contributed by atoms with Gasteiger partial charge in [-0.25, -0.2) is 0 Å². The summed E-state index contributed by atoms with van der Waals surface area (Å²) in [5.41, 5.74) is 12.2. The molecule has 1 aromatic rings. The maximum atomic E-state index is 5.72. The molecule has 0 aliphatic rings. The molecule has 4 nitrogen and oxygen atoms in total. The fourth-order valence-electron chi connectivity index (χ4n) is 1.40. The van der Waals surface area contributed by atoms with Crippen molar-refractivity contribution in [2.75, 3.05) is 19.5 Å². The fraction of sp³-hybridized carbons (Fsp3) is 0.417. The average Bonchev–Trinajstić information content (AvgIpc) is 2.26. The summed E-state index contributed by atoms with van der Waals surface area (Å²) in [5, 5.41) is 4.13. The van der Waals surface area contributed by atoms with Crippen LogP contribution in [-0.2, 0) is 6.42 Å². The Kier molecular flexibility index (Phi) is 4.17. The molecule has 1 aromatic carbocycles. The van der Waals surface area contributed by atoms with Crippen molar-refractivity contribution in [1.29, 1.82) is 0 Å². The van der Waals surface area contributed by atoms with Crippen LogP contribution in [0.1, 0.15) is 18.1 Å². The lowest BCUT2D eigenvalue weighted by Gasteiger charge is -2.13. The van der Waals surface area contributed by atoms with Gasteiger partial charge in [0.1, 0.15) is 0 Å². The molecule has 0 radical (unpaired) electrons. The predicted octanol–water partition coefficient (Wildman–Crippen LogP) is 1.76. The van der Waals surface area contributed by atoms with Crippen LogP contribution in [0.5, 0.6) is 0 Å². The molecule has 1 rings (SSSR count). The van der Waals surface area contributed by atoms with Gasteiger partial charge in [0.2, 0.25) is 5.96 Å². The first kappa shape index (κ1) is 12.4. The average molecular weight is 220 g/mol. The van der Waals surface area contributed by atoms with Crippen molar-refractivity contribution in [3.63, 3.8) is 0 Å². The van der Waals surface area contributed by atoms with Crippen LogP contribution in [0.2, 0.25) is 0 Å². The number of nitrogens with zero attached hydrogens (tertiary/aromatic N) is 2. The van der Waals surface area contributed by atoms with Crippen molar-refractivity contribution in [3.8, 4) is 0 Å². The second kappa shape index (κ2) is 5.39. The molecule has 0 amide bonds. The Labute approximate surface area is 97.1 Å². The van der Waals surface area contributed by atoms with Crippen molar-refractivity contribution in [2.24, 2.45) is 10.8 Å². The molecule has 0 spiro atoms. The minimum absolute atomic E-state index is 0.463. The molecule has 0 saturated carbocycles. The van der Waals surface area contributed by atoms with Crippen LogP contribution in [0.3, 0.4) is 0 Å². The minimum atomic E-state index is 0.463. The van der Waals surface area contributed by atoms with E-state index in [9.17, 15) is 0 Å². The SMILES string of the molecule is CCc1cccc(C)c1N/N=C(\N)N(C)C. The lowest BCUT2D eigenvalue weighted by molar-refractivity contribution is 0.612. The zero-order chi connectivity index (χ0) is 12.1. The van der Waals surface area contributed by atoms with Crippen molar-refractivity contribution in [1.82, 2.24) is 4.90 Å². The Balaban J connectivity index is 2.92. The van der Waals surface area contributed by atoms with E-state index < -0.39 is 0 Å². The van der Waals surface area contributed by atoms with Crippen LogP contribution in [-0.4, -0.2) is 25.0 Å². The van der Waals surface area contributed by atoms with Crippen LogP contribution in [0.25, 0.3) is 0 Å². The van der Waals surface area contributed by atoms with Gasteiger partial charge in [0, 0.05) is 14.1 Å². The normalized spacial score (nSPS) is 11.4. The van der Waals surface area contributed by atoms with Gasteiger partial charge in [0.15, 0.2) is 0 Å². The predicted molar refractivity (Wildman–Crippen MR) is 69.5 cm³/mol. The Hall–Kier alpha value is -1.71. The van der Waals surface area contributed by atoms with Crippen LogP contribution in [0, 0.1) is 6.92 Å². The number of hydrazone groups is 1. The van der Waals surface area contributed by atoms with Crippen molar-refractivity contribution < 1.29 is 0 Å². The molecule has 0 heterocycles. The summed E-state index contributed by atoms with van der Waals surface area (Å²) in [4.78, 5) is 1.76. The van der Waals surface area contributed by atoms with Crippen LogP contribution < -0.4 is 11.2 Å². The van der Waals surface area contributed by atoms with E-state index in [1.807, 2.05) is 14.1 Å². The summed E-state index contributed by atoms with van der Waals surface area (Å²) in [5.74, 6) is 0.463. The Morgan fingerprint density at radius 1 is 1.44 bits per heavy atom. The van der Waals surface area contributed by atoms with Gasteiger partial charge in [-0.1, -0.05) is 25.1 Å². The Morgan fingerprint density at radius 2 is 2.12 bits per heavy atom. The number of anilines is 1. The second-order valence-electron chi connectivity index (χ2n) is 3.94. The molecule has 0 saturated heterocycles. The third-order valence-corrected chi connectivity index (χ3v) is 2.48. The molecule has 0 fully saturated rings. The van der Waals surface area contributed by atoms with Gasteiger partial charge < -0.3 is 10.6 Å². The van der Waals surface area contributed by atoms with E-state index in [4.69, 9.17) is 5.73 Å². The van der Waals surface area contributed by atoms with E-state index in [-0.39, 0.29) is 0 Å². The van der Waals surface area contributed by atoms with E-state index in [1.165, 1.54) is 11.1 Å². The van der Waals surface area contributed by atoms with Crippen LogP contribution in [0.15, 0.2) is 23.3 Å². The highest BCUT2D eigenvalue weighted by Gasteiger charge is 2.03. The minimum Gasteiger partial charge on any atom is -0.368 e. The molecule has 0 aliphatic heterocycles. The molecule has 4 heteroatoms. The first-order chi connectivity index (χ1) is 7.56. The van der Waals surface area contributed by atoms with Gasteiger partial charge in [0.25, 0.3) is 0 Å². The number of aryl methyl sites for hydroxylation is 2. The first-order valence-corrected chi connectivity index (χ1v) is 5.41. The summed E-state index contributed by atoms with van der Waals surface area (Å²) in [6.45, 7) is 4.18. The van der Waals surface area contributed by atoms with E-state index in [0.29, 0.717) is 5.96 Å². The summed E-state index contributed by atoms with van der Waals surface area (Å²) >= 11 is 0. The quantitative estimate of drug-likeness (QED) is 0.463. The van der Waals surface area contributed by atoms with Crippen molar-refractivity contribution in [3.05, 3.63) is 29.3 Å². The topological polar surface area (TPSA) is 53.6 Å². The summed E-state index contributed by atoms with van der Waals surface area (Å²) in [6, 6.07) is 6.21. The number of nitrogens with one attached hydrogen (secondary N) is 1. The molecule has 0 aliphatic carbocycles. The first-order valence-electron chi connectivity index (χ1n) is 5.41. The lowest BCUT2D eigenvalue weighted by Crippen LogP contribution is -2.31. The molecule has 16 heavy (non-hydrogen) atoms. The number of hydrogen-bond acceptors (Lipinski definition) is 2. The van der Waals surface area contributed by atoms with Gasteiger partial charge in [-0.3, -0.25) is 5.43 Å². The van der Waals surface area contributed by atoms with Gasteiger partial charge in [-0.2, -0.15) is 0 Å². The fourth-order valence-corrected chi connectivity index (χ4v) is 1.40. The van der Waals surface area contributed by atoms with E-state index in [0.717, 1.165) is 12.1 Å². The number of rotatable bonds is 3. The van der Waals surface area contributed by atoms with Crippen LogP contribution >= 0.6 is 0 Å². The monoisotopic (exact) mass is 220 g/mol. The highest BCUT2D eigenvalue weighted by atomic mass is 15.4. The Bertz CT molecular complexity index is 383. The largest absolute Gasteiger partial charge is 0.368 e. The molecule has 88 valence electrons. The molecule has 0 atom stereocenters. The van der Waals surface area contributed by atoms with E-state index in [1.54, 1.807) is 4.90 Å². The van der Waals surface area contributed by atoms with Crippen LogP contribution in [0.4, 0.5) is 5.69 Å². The van der Waals surface area contributed by atoms with Crippen molar-refractivity contribution >= 4 is 11.6 Å². The van der Waals surface area contributed by atoms with Gasteiger partial charge >= 0.3 is 0 Å². The molecule has 0 aromatic heterocycles. The molecule has 0 bridgehead atoms. The van der Waals surface area contributed by atoms with Gasteiger partial charge in [0.05, 0.1) is 5.69 Å². The zero-order valence-corrected chi connectivity index (χ0v) is 10.4. The summed E-state index contributed by atoms with van der Waals surface area (Å²) in [6.07, 6.45) is 0.974.